The number of para-hydroxylation sites is 1. The van der Waals surface area contributed by atoms with Crippen LogP contribution < -0.4 is 10.6 Å². The number of carbonyl (C=O) groups excluding carboxylic acids is 2. The molecule has 0 aliphatic carbocycles. The van der Waals surface area contributed by atoms with Crippen molar-refractivity contribution in [1.82, 2.24) is 20.5 Å². The van der Waals surface area contributed by atoms with Gasteiger partial charge in [-0.25, -0.2) is 4.79 Å². The van der Waals surface area contributed by atoms with E-state index in [4.69, 9.17) is 0 Å². The third-order valence-corrected chi connectivity index (χ3v) is 8.14. The van der Waals surface area contributed by atoms with E-state index in [-0.39, 0.29) is 17.9 Å². The van der Waals surface area contributed by atoms with Crippen LogP contribution in [0.5, 0.6) is 0 Å². The van der Waals surface area contributed by atoms with Crippen LogP contribution in [0.4, 0.5) is 4.79 Å². The van der Waals surface area contributed by atoms with Crippen molar-refractivity contribution in [2.75, 3.05) is 19.6 Å². The van der Waals surface area contributed by atoms with E-state index in [9.17, 15) is 9.59 Å². The van der Waals surface area contributed by atoms with Gasteiger partial charge in [0.15, 0.2) is 0 Å². The van der Waals surface area contributed by atoms with Crippen molar-refractivity contribution in [3.63, 3.8) is 0 Å². The maximum Gasteiger partial charge on any atom is 0.314 e. The number of aromatic nitrogens is 1. The van der Waals surface area contributed by atoms with Gasteiger partial charge in [0, 0.05) is 65.4 Å². The van der Waals surface area contributed by atoms with Gasteiger partial charge in [0.2, 0.25) is 5.91 Å². The lowest BCUT2D eigenvalue weighted by Gasteiger charge is -2.27. The lowest BCUT2D eigenvalue weighted by molar-refractivity contribution is -0.131. The van der Waals surface area contributed by atoms with E-state index in [1.165, 1.54) is 26.3 Å². The van der Waals surface area contributed by atoms with E-state index in [0.29, 0.717) is 26.1 Å². The van der Waals surface area contributed by atoms with Crippen LogP contribution in [0.1, 0.15) is 33.2 Å². The number of urea groups is 1. The third kappa shape index (κ3) is 4.82. The van der Waals surface area contributed by atoms with Crippen LogP contribution in [0, 0.1) is 0 Å². The van der Waals surface area contributed by atoms with E-state index in [1.54, 1.807) is 22.7 Å². The molecule has 170 valence electrons. The maximum atomic E-state index is 12.6. The molecule has 1 unspecified atom stereocenters. The Labute approximate surface area is 200 Å². The highest BCUT2D eigenvalue weighted by Crippen LogP contribution is 2.32. The van der Waals surface area contributed by atoms with Crippen molar-refractivity contribution in [3.8, 4) is 0 Å². The molecule has 4 heterocycles. The molecule has 4 aromatic rings. The summed E-state index contributed by atoms with van der Waals surface area (Å²) in [7, 11) is 0. The molecule has 33 heavy (non-hydrogen) atoms. The van der Waals surface area contributed by atoms with Crippen LogP contribution in [0.25, 0.3) is 10.9 Å². The highest BCUT2D eigenvalue weighted by atomic mass is 32.1. The molecule has 5 rings (SSSR count). The molecule has 0 fully saturated rings. The van der Waals surface area contributed by atoms with Crippen molar-refractivity contribution >= 4 is 45.5 Å². The fourth-order valence-electron chi connectivity index (χ4n) is 4.40. The number of fused-ring (bicyclic) bond motifs is 2. The zero-order valence-electron chi connectivity index (χ0n) is 18.2. The summed E-state index contributed by atoms with van der Waals surface area (Å²) in [6.07, 6.45) is 3.26. The van der Waals surface area contributed by atoms with Crippen LogP contribution in [0.3, 0.4) is 0 Å². The number of H-pyrrole nitrogens is 1. The van der Waals surface area contributed by atoms with E-state index in [0.717, 1.165) is 18.5 Å². The summed E-state index contributed by atoms with van der Waals surface area (Å²) >= 11 is 3.45. The molecule has 3 amide bonds. The summed E-state index contributed by atoms with van der Waals surface area (Å²) in [5.41, 5.74) is 3.51. The largest absolute Gasteiger partial charge is 0.361 e. The van der Waals surface area contributed by atoms with Crippen molar-refractivity contribution in [2.45, 2.75) is 25.3 Å². The Morgan fingerprint density at radius 2 is 1.97 bits per heavy atom. The second-order valence-corrected chi connectivity index (χ2v) is 10.2. The first-order chi connectivity index (χ1) is 16.2. The zero-order valence-corrected chi connectivity index (χ0v) is 19.8. The minimum Gasteiger partial charge on any atom is -0.361 e. The minimum absolute atomic E-state index is 0.0571. The minimum atomic E-state index is -0.247. The molecule has 0 bridgehead atoms. The smallest absolute Gasteiger partial charge is 0.314 e. The van der Waals surface area contributed by atoms with Gasteiger partial charge in [0.1, 0.15) is 0 Å². The summed E-state index contributed by atoms with van der Waals surface area (Å²) in [6.45, 7) is 2.24. The molecule has 1 aromatic carbocycles. The molecule has 3 aromatic heterocycles. The van der Waals surface area contributed by atoms with Crippen LogP contribution in [-0.4, -0.2) is 41.5 Å². The van der Waals surface area contributed by atoms with Crippen LogP contribution in [-0.2, 0) is 17.8 Å². The number of amides is 3. The molecule has 0 saturated heterocycles. The molecular formula is C25H26N4O2S2. The number of hydrogen-bond acceptors (Lipinski definition) is 4. The molecule has 0 radical (unpaired) electrons. The van der Waals surface area contributed by atoms with Gasteiger partial charge < -0.3 is 20.5 Å². The van der Waals surface area contributed by atoms with Crippen LogP contribution in [0.2, 0.25) is 0 Å². The Morgan fingerprint density at radius 1 is 1.06 bits per heavy atom. The first-order valence-corrected chi connectivity index (χ1v) is 12.9. The van der Waals surface area contributed by atoms with E-state index in [1.807, 2.05) is 29.3 Å². The third-order valence-electron chi connectivity index (χ3n) is 6.13. The molecule has 1 atom stereocenters. The Hall–Kier alpha value is -3.10. The number of rotatable bonds is 7. The van der Waals surface area contributed by atoms with Crippen LogP contribution in [0.15, 0.2) is 59.4 Å². The summed E-state index contributed by atoms with van der Waals surface area (Å²) in [6, 6.07) is 14.2. The molecule has 8 heteroatoms. The molecule has 6 nitrogen and oxygen atoms in total. The predicted molar refractivity (Wildman–Crippen MR) is 134 cm³/mol. The second-order valence-electron chi connectivity index (χ2n) is 8.18. The van der Waals surface area contributed by atoms with E-state index in [2.05, 4.69) is 50.6 Å². The fraction of sp³-hybridized carbons (Fsp3) is 0.280. The van der Waals surface area contributed by atoms with Gasteiger partial charge in [-0.05, 0) is 46.5 Å². The summed E-state index contributed by atoms with van der Waals surface area (Å²) < 4.78 is 0. The van der Waals surface area contributed by atoms with Gasteiger partial charge in [0.25, 0.3) is 0 Å². The zero-order chi connectivity index (χ0) is 22.6. The number of thiophene rings is 2. The van der Waals surface area contributed by atoms with Gasteiger partial charge >= 0.3 is 6.03 Å². The average molecular weight is 479 g/mol. The Morgan fingerprint density at radius 3 is 2.85 bits per heavy atom. The highest BCUT2D eigenvalue weighted by Gasteiger charge is 2.22. The van der Waals surface area contributed by atoms with E-state index < -0.39 is 0 Å². The number of carbonyl (C=O) groups is 2. The number of nitrogens with one attached hydrogen (secondary N) is 3. The Balaban J connectivity index is 1.14. The second kappa shape index (κ2) is 9.80. The molecule has 1 aliphatic rings. The summed E-state index contributed by atoms with van der Waals surface area (Å²) in [4.78, 5) is 32.9. The first-order valence-electron chi connectivity index (χ1n) is 11.1. The summed E-state index contributed by atoms with van der Waals surface area (Å²) in [5, 5.41) is 11.2. The van der Waals surface area contributed by atoms with E-state index >= 15 is 0 Å². The monoisotopic (exact) mass is 478 g/mol. The van der Waals surface area contributed by atoms with Crippen molar-refractivity contribution in [3.05, 3.63) is 80.3 Å². The van der Waals surface area contributed by atoms with Gasteiger partial charge in [0.05, 0.1) is 0 Å². The average Bonchev–Trinajstić information content (AvgIpc) is 3.60. The lowest BCUT2D eigenvalue weighted by atomic mass is 9.97. The quantitative estimate of drug-likeness (QED) is 0.360. The lowest BCUT2D eigenvalue weighted by Crippen LogP contribution is -2.41. The van der Waals surface area contributed by atoms with Gasteiger partial charge in [-0.2, -0.15) is 0 Å². The van der Waals surface area contributed by atoms with Crippen LogP contribution >= 0.6 is 22.7 Å². The SMILES string of the molecule is O=C(NCCC(=O)N1CCc2sccc2C1)NCC(c1cccs1)c1c[nH]c2ccccc12. The molecular weight excluding hydrogens is 452 g/mol. The number of nitrogens with zero attached hydrogens (tertiary/aromatic N) is 1. The number of aromatic amines is 1. The topological polar surface area (TPSA) is 77.2 Å². The van der Waals surface area contributed by atoms with Crippen molar-refractivity contribution in [2.24, 2.45) is 0 Å². The first kappa shape index (κ1) is 21.7. The van der Waals surface area contributed by atoms with Gasteiger partial charge in [-0.1, -0.05) is 24.3 Å². The fourth-order valence-corrected chi connectivity index (χ4v) is 6.13. The molecule has 0 saturated carbocycles. The normalized spacial score (nSPS) is 14.1. The maximum absolute atomic E-state index is 12.6. The predicted octanol–water partition coefficient (Wildman–Crippen LogP) is 4.70. The number of hydrogen-bond donors (Lipinski definition) is 3. The Kier molecular flexibility index (Phi) is 6.46. The Bertz CT molecular complexity index is 1240. The van der Waals surface area contributed by atoms with Crippen molar-refractivity contribution in [1.29, 1.82) is 0 Å². The highest BCUT2D eigenvalue weighted by molar-refractivity contribution is 7.10. The summed E-state index contributed by atoms with van der Waals surface area (Å²) in [5.74, 6) is 0.143. The molecule has 0 spiro atoms. The number of benzene rings is 1. The van der Waals surface area contributed by atoms with Crippen molar-refractivity contribution < 1.29 is 9.59 Å². The molecule has 1 aliphatic heterocycles. The molecule has 3 N–H and O–H groups in total. The van der Waals surface area contributed by atoms with Gasteiger partial charge in [-0.15, -0.1) is 22.7 Å². The standard InChI is InChI=1S/C25H26N4O2S2/c30-24(29-11-8-22-17(16-29)9-13-33-22)7-10-26-25(31)28-15-20(23-6-3-12-32-23)19-14-27-21-5-2-1-4-18(19)21/h1-6,9,12-14,20,27H,7-8,10-11,15-16H2,(H2,26,28,31). The van der Waals surface area contributed by atoms with Gasteiger partial charge in [-0.3, -0.25) is 4.79 Å².